The van der Waals surface area contributed by atoms with Crippen LogP contribution in [0.2, 0.25) is 0 Å². The van der Waals surface area contributed by atoms with Gasteiger partial charge in [0.2, 0.25) is 5.88 Å². The summed E-state index contributed by atoms with van der Waals surface area (Å²) < 4.78 is 5.82. The smallest absolute Gasteiger partial charge is 0.216 e. The summed E-state index contributed by atoms with van der Waals surface area (Å²) in [5.74, 6) is 4.65. The molecule has 1 saturated carbocycles. The molecule has 1 aliphatic carbocycles. The fourth-order valence-electron chi connectivity index (χ4n) is 1.74. The molecule has 2 aliphatic rings. The van der Waals surface area contributed by atoms with Crippen molar-refractivity contribution in [3.63, 3.8) is 0 Å². The van der Waals surface area contributed by atoms with Crippen LogP contribution in [-0.4, -0.2) is 27.6 Å². The Hall–Kier alpha value is -0.770. The minimum absolute atomic E-state index is 0.358. The van der Waals surface area contributed by atoms with E-state index in [9.17, 15) is 0 Å². The first kappa shape index (κ1) is 9.46. The molecule has 4 heteroatoms. The lowest BCUT2D eigenvalue weighted by molar-refractivity contribution is 0.219. The highest BCUT2D eigenvalue weighted by molar-refractivity contribution is 7.99. The second-order valence-electron chi connectivity index (χ2n) is 4.13. The van der Waals surface area contributed by atoms with E-state index in [0.29, 0.717) is 12.0 Å². The van der Waals surface area contributed by atoms with Crippen molar-refractivity contribution in [2.45, 2.75) is 31.3 Å². The van der Waals surface area contributed by atoms with E-state index in [4.69, 9.17) is 4.74 Å². The number of hydrogen-bond acceptors (Lipinski definition) is 4. The summed E-state index contributed by atoms with van der Waals surface area (Å²) >= 11 is 1.96. The molecule has 1 aromatic rings. The lowest BCUT2D eigenvalue weighted by Crippen LogP contribution is -2.15. The normalized spacial score (nSPS) is 25.5. The topological polar surface area (TPSA) is 35.0 Å². The second-order valence-corrected chi connectivity index (χ2v) is 5.28. The summed E-state index contributed by atoms with van der Waals surface area (Å²) in [5.41, 5.74) is 0. The molecule has 3 nitrogen and oxygen atoms in total. The number of hydrogen-bond donors (Lipinski definition) is 0. The Kier molecular flexibility index (Phi) is 2.52. The van der Waals surface area contributed by atoms with Gasteiger partial charge in [-0.2, -0.15) is 16.7 Å². The quantitative estimate of drug-likeness (QED) is 0.785. The van der Waals surface area contributed by atoms with E-state index < -0.39 is 0 Å². The SMILES string of the molecule is c1cc(OC2CCSC2)nc(C2CC2)n1. The van der Waals surface area contributed by atoms with Crippen molar-refractivity contribution in [3.05, 3.63) is 18.1 Å². The molecule has 2 fully saturated rings. The van der Waals surface area contributed by atoms with Gasteiger partial charge in [0.1, 0.15) is 11.9 Å². The van der Waals surface area contributed by atoms with Crippen LogP contribution in [0.3, 0.4) is 0 Å². The first-order valence-electron chi connectivity index (χ1n) is 5.49. The Morgan fingerprint density at radius 1 is 1.33 bits per heavy atom. The molecule has 1 atom stereocenters. The minimum atomic E-state index is 0.358. The third kappa shape index (κ3) is 2.25. The van der Waals surface area contributed by atoms with Crippen LogP contribution in [0.1, 0.15) is 31.0 Å². The summed E-state index contributed by atoms with van der Waals surface area (Å²) in [7, 11) is 0. The summed E-state index contributed by atoms with van der Waals surface area (Å²) in [4.78, 5) is 8.74. The second kappa shape index (κ2) is 4.00. The van der Waals surface area contributed by atoms with Gasteiger partial charge in [-0.1, -0.05) is 0 Å². The number of ether oxygens (including phenoxy) is 1. The Morgan fingerprint density at radius 2 is 2.27 bits per heavy atom. The molecule has 0 bridgehead atoms. The Labute approximate surface area is 93.7 Å². The predicted octanol–water partition coefficient (Wildman–Crippen LogP) is 2.24. The van der Waals surface area contributed by atoms with Gasteiger partial charge in [-0.3, -0.25) is 0 Å². The van der Waals surface area contributed by atoms with Gasteiger partial charge in [-0.25, -0.2) is 4.98 Å². The van der Waals surface area contributed by atoms with E-state index in [1.807, 2.05) is 24.0 Å². The first-order valence-corrected chi connectivity index (χ1v) is 6.64. The van der Waals surface area contributed by atoms with Crippen molar-refractivity contribution in [2.24, 2.45) is 0 Å². The van der Waals surface area contributed by atoms with Crippen LogP contribution in [-0.2, 0) is 0 Å². The van der Waals surface area contributed by atoms with Crippen molar-refractivity contribution >= 4 is 11.8 Å². The molecule has 1 aliphatic heterocycles. The van der Waals surface area contributed by atoms with E-state index in [-0.39, 0.29) is 0 Å². The third-order valence-corrected chi connectivity index (χ3v) is 3.90. The molecule has 0 spiro atoms. The molecular weight excluding hydrogens is 208 g/mol. The van der Waals surface area contributed by atoms with Crippen LogP contribution >= 0.6 is 11.8 Å². The van der Waals surface area contributed by atoms with Crippen LogP contribution in [0.4, 0.5) is 0 Å². The van der Waals surface area contributed by atoms with E-state index in [1.165, 1.54) is 18.6 Å². The molecule has 2 heterocycles. The zero-order chi connectivity index (χ0) is 10.1. The van der Waals surface area contributed by atoms with Gasteiger partial charge in [-0.15, -0.1) is 0 Å². The van der Waals surface area contributed by atoms with Crippen LogP contribution in [0.25, 0.3) is 0 Å². The lowest BCUT2D eigenvalue weighted by Gasteiger charge is -2.11. The number of thioether (sulfide) groups is 1. The average molecular weight is 222 g/mol. The summed E-state index contributed by atoms with van der Waals surface area (Å²) in [6.45, 7) is 0. The molecule has 0 N–H and O–H groups in total. The van der Waals surface area contributed by atoms with E-state index in [0.717, 1.165) is 23.9 Å². The van der Waals surface area contributed by atoms with Crippen LogP contribution in [0.15, 0.2) is 12.3 Å². The Morgan fingerprint density at radius 3 is 3.00 bits per heavy atom. The number of rotatable bonds is 3. The maximum absolute atomic E-state index is 5.82. The molecule has 0 radical (unpaired) electrons. The Balaban J connectivity index is 1.70. The maximum Gasteiger partial charge on any atom is 0.216 e. The molecule has 1 saturated heterocycles. The summed E-state index contributed by atoms with van der Waals surface area (Å²) in [5, 5.41) is 0. The number of aromatic nitrogens is 2. The number of nitrogens with zero attached hydrogens (tertiary/aromatic N) is 2. The van der Waals surface area contributed by atoms with Gasteiger partial charge in [0.15, 0.2) is 0 Å². The van der Waals surface area contributed by atoms with E-state index in [1.54, 1.807) is 0 Å². The van der Waals surface area contributed by atoms with Crippen molar-refractivity contribution in [2.75, 3.05) is 11.5 Å². The molecule has 0 amide bonds. The van der Waals surface area contributed by atoms with Crippen LogP contribution in [0.5, 0.6) is 5.88 Å². The lowest BCUT2D eigenvalue weighted by atomic mass is 10.3. The van der Waals surface area contributed by atoms with Gasteiger partial charge in [-0.05, 0) is 25.0 Å². The van der Waals surface area contributed by atoms with Gasteiger partial charge < -0.3 is 4.74 Å². The molecule has 0 aromatic carbocycles. The first-order chi connectivity index (χ1) is 7.42. The van der Waals surface area contributed by atoms with Crippen molar-refractivity contribution in [3.8, 4) is 5.88 Å². The highest BCUT2D eigenvalue weighted by atomic mass is 32.2. The van der Waals surface area contributed by atoms with Crippen LogP contribution < -0.4 is 4.74 Å². The predicted molar refractivity (Wildman–Crippen MR) is 60.4 cm³/mol. The zero-order valence-corrected chi connectivity index (χ0v) is 9.37. The highest BCUT2D eigenvalue weighted by Crippen LogP contribution is 2.38. The molecule has 1 unspecified atom stereocenters. The molecule has 1 aromatic heterocycles. The van der Waals surface area contributed by atoms with Gasteiger partial charge in [0.25, 0.3) is 0 Å². The third-order valence-electron chi connectivity index (χ3n) is 2.77. The Bertz CT molecular complexity index is 348. The maximum atomic E-state index is 5.82. The molecule has 80 valence electrons. The van der Waals surface area contributed by atoms with Crippen molar-refractivity contribution < 1.29 is 4.74 Å². The average Bonchev–Trinajstić information content (AvgIpc) is 3.00. The minimum Gasteiger partial charge on any atom is -0.473 e. The molecule has 15 heavy (non-hydrogen) atoms. The van der Waals surface area contributed by atoms with Gasteiger partial charge in [0, 0.05) is 23.9 Å². The fourth-order valence-corrected chi connectivity index (χ4v) is 2.83. The summed E-state index contributed by atoms with van der Waals surface area (Å²) in [6.07, 6.45) is 5.80. The molecule has 3 rings (SSSR count). The zero-order valence-electron chi connectivity index (χ0n) is 8.56. The van der Waals surface area contributed by atoms with Crippen LogP contribution in [0, 0.1) is 0 Å². The largest absolute Gasteiger partial charge is 0.473 e. The monoisotopic (exact) mass is 222 g/mol. The van der Waals surface area contributed by atoms with Gasteiger partial charge in [0.05, 0.1) is 0 Å². The highest BCUT2D eigenvalue weighted by Gasteiger charge is 2.27. The van der Waals surface area contributed by atoms with Gasteiger partial charge >= 0.3 is 0 Å². The standard InChI is InChI=1S/C11H14N2OS/c1-2-8(1)11-12-5-3-10(13-11)14-9-4-6-15-7-9/h3,5,8-9H,1-2,4,6-7H2. The molecular formula is C11H14N2OS. The van der Waals surface area contributed by atoms with Crippen molar-refractivity contribution in [1.29, 1.82) is 0 Å². The summed E-state index contributed by atoms with van der Waals surface area (Å²) in [6, 6.07) is 1.87. The van der Waals surface area contributed by atoms with E-state index >= 15 is 0 Å². The fraction of sp³-hybridized carbons (Fsp3) is 0.636. The van der Waals surface area contributed by atoms with E-state index in [2.05, 4.69) is 9.97 Å². The van der Waals surface area contributed by atoms with Crippen molar-refractivity contribution in [1.82, 2.24) is 9.97 Å².